The summed E-state index contributed by atoms with van der Waals surface area (Å²) in [4.78, 5) is 43.0. The number of aromatic nitrogens is 1. The zero-order chi connectivity index (χ0) is 26.8. The van der Waals surface area contributed by atoms with Crippen molar-refractivity contribution in [3.8, 4) is 0 Å². The van der Waals surface area contributed by atoms with Crippen molar-refractivity contribution < 1.29 is 32.3 Å². The third-order valence-corrected chi connectivity index (χ3v) is 5.70. The molecule has 1 aliphatic heterocycles. The van der Waals surface area contributed by atoms with Crippen molar-refractivity contribution in [3.05, 3.63) is 53.5 Å². The van der Waals surface area contributed by atoms with E-state index < -0.39 is 53.6 Å². The summed E-state index contributed by atoms with van der Waals surface area (Å²) in [5.41, 5.74) is 0.267. The Morgan fingerprint density at radius 3 is 2.36 bits per heavy atom. The third kappa shape index (κ3) is 6.52. The van der Waals surface area contributed by atoms with Gasteiger partial charge in [-0.3, -0.25) is 14.9 Å². The van der Waals surface area contributed by atoms with Gasteiger partial charge in [-0.25, -0.2) is 22.9 Å². The van der Waals surface area contributed by atoms with Gasteiger partial charge in [0, 0.05) is 18.9 Å². The number of alkyl halides is 2. The van der Waals surface area contributed by atoms with E-state index in [0.717, 1.165) is 17.0 Å². The second-order valence-corrected chi connectivity index (χ2v) is 9.86. The van der Waals surface area contributed by atoms with Gasteiger partial charge in [-0.1, -0.05) is 19.1 Å². The first-order chi connectivity index (χ1) is 16.7. The normalized spacial score (nSPS) is 19.4. The molecule has 36 heavy (non-hydrogen) atoms. The number of benzene rings is 1. The number of hydrogen-bond donors (Lipinski definition) is 2. The number of anilines is 2. The maximum Gasteiger partial charge on any atom is 0.413 e. The smallest absolute Gasteiger partial charge is 0.413 e. The molecule has 0 unspecified atom stereocenters. The molecule has 2 heterocycles. The molecule has 2 atom stereocenters. The molecule has 2 aromatic rings. The van der Waals surface area contributed by atoms with Crippen LogP contribution in [0.3, 0.4) is 0 Å². The highest BCUT2D eigenvalue weighted by Crippen LogP contribution is 2.43. The van der Waals surface area contributed by atoms with Crippen molar-refractivity contribution >= 4 is 29.4 Å². The molecule has 0 saturated carbocycles. The quantitative estimate of drug-likeness (QED) is 0.567. The number of carbonyl (C=O) groups excluding carboxylic acids is 3. The number of carbonyl (C=O) groups is 3. The molecule has 3 amide bonds. The summed E-state index contributed by atoms with van der Waals surface area (Å²) in [5.74, 6) is -6.61. The number of likely N-dealkylation sites (tertiary alicyclic amines) is 1. The van der Waals surface area contributed by atoms with Crippen LogP contribution in [0.2, 0.25) is 0 Å². The lowest BCUT2D eigenvalue weighted by molar-refractivity contribution is -0.159. The number of piperidine rings is 1. The fourth-order valence-corrected chi connectivity index (χ4v) is 3.82. The molecule has 194 valence electrons. The minimum atomic E-state index is -3.07. The van der Waals surface area contributed by atoms with Gasteiger partial charge in [0.05, 0.1) is 17.9 Å². The summed E-state index contributed by atoms with van der Waals surface area (Å²) >= 11 is 0. The third-order valence-electron chi connectivity index (χ3n) is 5.70. The number of nitrogens with one attached hydrogen (secondary N) is 2. The van der Waals surface area contributed by atoms with E-state index in [1.165, 1.54) is 31.3 Å². The first kappa shape index (κ1) is 27.0. The number of amides is 3. The molecule has 1 saturated heterocycles. The second kappa shape index (κ2) is 10.2. The molecule has 0 spiro atoms. The predicted molar refractivity (Wildman–Crippen MR) is 127 cm³/mol. The molecule has 0 aliphatic carbocycles. The van der Waals surface area contributed by atoms with Gasteiger partial charge in [-0.2, -0.15) is 0 Å². The van der Waals surface area contributed by atoms with E-state index in [4.69, 9.17) is 4.74 Å². The van der Waals surface area contributed by atoms with E-state index in [0.29, 0.717) is 11.1 Å². The Bertz CT molecular complexity index is 1150. The SMILES string of the molecule is Cc1cc(NC(=O)C(=O)N2C[C@@H](C)C(F)(F)C[C@@H]2c2ccc(F)cc2)cnc1NC(=O)OC(C)(C)C. The van der Waals surface area contributed by atoms with E-state index in [2.05, 4.69) is 15.6 Å². The summed E-state index contributed by atoms with van der Waals surface area (Å²) in [6, 6.07) is 5.29. The largest absolute Gasteiger partial charge is 0.444 e. The Hall–Kier alpha value is -3.63. The van der Waals surface area contributed by atoms with Crippen LogP contribution in [0.5, 0.6) is 0 Å². The van der Waals surface area contributed by atoms with Gasteiger partial charge in [-0.15, -0.1) is 0 Å². The van der Waals surface area contributed by atoms with Crippen molar-refractivity contribution in [2.24, 2.45) is 5.92 Å². The number of aryl methyl sites for hydroxylation is 1. The van der Waals surface area contributed by atoms with Crippen LogP contribution in [-0.4, -0.2) is 45.9 Å². The minimum absolute atomic E-state index is 0.175. The first-order valence-electron chi connectivity index (χ1n) is 11.4. The molecule has 1 aromatic carbocycles. The molecule has 3 rings (SSSR count). The number of rotatable bonds is 3. The molecule has 8 nitrogen and oxygen atoms in total. The lowest BCUT2D eigenvalue weighted by atomic mass is 9.86. The van der Waals surface area contributed by atoms with E-state index in [9.17, 15) is 27.6 Å². The molecule has 11 heteroatoms. The second-order valence-electron chi connectivity index (χ2n) is 9.86. The number of halogens is 3. The average Bonchev–Trinajstić information content (AvgIpc) is 2.76. The monoisotopic (exact) mass is 506 g/mol. The lowest BCUT2D eigenvalue weighted by Crippen LogP contribution is -2.52. The topological polar surface area (TPSA) is 101 Å². The van der Waals surface area contributed by atoms with E-state index in [1.54, 1.807) is 27.7 Å². The molecule has 1 aliphatic rings. The molecule has 0 bridgehead atoms. The van der Waals surface area contributed by atoms with Gasteiger partial charge >= 0.3 is 17.9 Å². The molecule has 2 N–H and O–H groups in total. The standard InChI is InChI=1S/C25H29F3N4O4/c1-14-10-18(12-29-20(14)31-23(35)36-24(3,4)5)30-21(33)22(34)32-13-15(2)25(27,28)11-19(32)16-6-8-17(26)9-7-16/h6-10,12,15,19H,11,13H2,1-5H3,(H,30,33)(H,29,31,35)/t15-,19-/m1/s1. The van der Waals surface area contributed by atoms with Crippen LogP contribution < -0.4 is 10.6 Å². The minimum Gasteiger partial charge on any atom is -0.444 e. The molecular weight excluding hydrogens is 477 g/mol. The zero-order valence-corrected chi connectivity index (χ0v) is 20.7. The van der Waals surface area contributed by atoms with Crippen molar-refractivity contribution in [3.63, 3.8) is 0 Å². The summed E-state index contributed by atoms with van der Waals surface area (Å²) in [5, 5.41) is 4.94. The number of hydrogen-bond acceptors (Lipinski definition) is 5. The van der Waals surface area contributed by atoms with E-state index in [1.807, 2.05) is 0 Å². The fourth-order valence-electron chi connectivity index (χ4n) is 3.82. The highest BCUT2D eigenvalue weighted by atomic mass is 19.3. The maximum atomic E-state index is 14.5. The summed E-state index contributed by atoms with van der Waals surface area (Å²) in [7, 11) is 0. The number of pyridine rings is 1. The number of nitrogens with zero attached hydrogens (tertiary/aromatic N) is 2. The Labute approximate surface area is 207 Å². The lowest BCUT2D eigenvalue weighted by Gasteiger charge is -2.42. The van der Waals surface area contributed by atoms with Crippen LogP contribution >= 0.6 is 0 Å². The molecule has 0 radical (unpaired) electrons. The van der Waals surface area contributed by atoms with Gasteiger partial charge in [-0.05, 0) is 57.0 Å². The highest BCUT2D eigenvalue weighted by Gasteiger charge is 2.48. The van der Waals surface area contributed by atoms with Gasteiger partial charge in [0.15, 0.2) is 0 Å². The van der Waals surface area contributed by atoms with Gasteiger partial charge in [0.25, 0.3) is 5.92 Å². The van der Waals surface area contributed by atoms with Crippen LogP contribution in [0.4, 0.5) is 29.5 Å². The highest BCUT2D eigenvalue weighted by molar-refractivity contribution is 6.39. The Morgan fingerprint density at radius 1 is 1.14 bits per heavy atom. The zero-order valence-electron chi connectivity index (χ0n) is 20.7. The van der Waals surface area contributed by atoms with Crippen LogP contribution in [0, 0.1) is 18.7 Å². The molecular formula is C25H29F3N4O4. The van der Waals surface area contributed by atoms with Crippen molar-refractivity contribution in [1.82, 2.24) is 9.88 Å². The van der Waals surface area contributed by atoms with E-state index in [-0.39, 0.29) is 18.1 Å². The average molecular weight is 507 g/mol. The van der Waals surface area contributed by atoms with Gasteiger partial charge in [0.1, 0.15) is 17.2 Å². The first-order valence-corrected chi connectivity index (χ1v) is 11.4. The summed E-state index contributed by atoms with van der Waals surface area (Å²) in [6.07, 6.45) is -0.146. The van der Waals surface area contributed by atoms with Crippen molar-refractivity contribution in [1.29, 1.82) is 0 Å². The molecule has 1 aromatic heterocycles. The Kier molecular flexibility index (Phi) is 7.61. The predicted octanol–water partition coefficient (Wildman–Crippen LogP) is 5.06. The maximum absolute atomic E-state index is 14.5. The fraction of sp³-hybridized carbons (Fsp3) is 0.440. The van der Waals surface area contributed by atoms with Crippen molar-refractivity contribution in [2.75, 3.05) is 17.2 Å². The van der Waals surface area contributed by atoms with Crippen LogP contribution in [-0.2, 0) is 14.3 Å². The van der Waals surface area contributed by atoms with Gasteiger partial charge < -0.3 is 15.0 Å². The van der Waals surface area contributed by atoms with Crippen molar-refractivity contribution in [2.45, 2.75) is 58.6 Å². The Balaban J connectivity index is 1.75. The summed E-state index contributed by atoms with van der Waals surface area (Å²) in [6.45, 7) is 7.74. The number of ether oxygens (including phenoxy) is 1. The van der Waals surface area contributed by atoms with Crippen LogP contribution in [0.1, 0.15) is 51.3 Å². The van der Waals surface area contributed by atoms with Gasteiger partial charge in [0.2, 0.25) is 0 Å². The van der Waals surface area contributed by atoms with E-state index >= 15 is 0 Å². The van der Waals surface area contributed by atoms with Crippen LogP contribution in [0.15, 0.2) is 36.5 Å². The molecule has 1 fully saturated rings. The summed E-state index contributed by atoms with van der Waals surface area (Å²) < 4.78 is 47.6. The Morgan fingerprint density at radius 2 is 1.78 bits per heavy atom. The van der Waals surface area contributed by atoms with Crippen LogP contribution in [0.25, 0.3) is 0 Å².